The summed E-state index contributed by atoms with van der Waals surface area (Å²) >= 11 is 0. The molecule has 2 heterocycles. The van der Waals surface area contributed by atoms with Gasteiger partial charge in [-0.3, -0.25) is 4.98 Å². The van der Waals surface area contributed by atoms with Gasteiger partial charge in [0.2, 0.25) is 0 Å². The predicted molar refractivity (Wildman–Crippen MR) is 82.0 cm³/mol. The Balaban J connectivity index is 1.80. The Morgan fingerprint density at radius 2 is 1.81 bits per heavy atom. The lowest BCUT2D eigenvalue weighted by Gasteiger charge is -1.95. The average Bonchev–Trinajstić information content (AvgIpc) is 3.03. The lowest BCUT2D eigenvalue weighted by Crippen LogP contribution is -1.82. The van der Waals surface area contributed by atoms with Crippen LogP contribution in [0.5, 0.6) is 0 Å². The third-order valence-corrected chi connectivity index (χ3v) is 3.01. The van der Waals surface area contributed by atoms with Crippen molar-refractivity contribution in [3.8, 4) is 17.5 Å². The molecule has 0 fully saturated rings. The Hall–Kier alpha value is -3.12. The van der Waals surface area contributed by atoms with Crippen LogP contribution in [0.15, 0.2) is 65.2 Å². The minimum Gasteiger partial charge on any atom is -0.455 e. The highest BCUT2D eigenvalue weighted by Crippen LogP contribution is 2.21. The molecule has 0 N–H and O–H groups in total. The molecule has 3 nitrogen and oxygen atoms in total. The molecule has 2 aromatic heterocycles. The van der Waals surface area contributed by atoms with Crippen molar-refractivity contribution in [1.29, 1.82) is 5.26 Å². The molecule has 100 valence electrons. The van der Waals surface area contributed by atoms with E-state index in [2.05, 4.69) is 4.98 Å². The van der Waals surface area contributed by atoms with E-state index >= 15 is 0 Å². The molecule has 21 heavy (non-hydrogen) atoms. The van der Waals surface area contributed by atoms with Crippen LogP contribution in [0.4, 0.5) is 0 Å². The molecule has 3 rings (SSSR count). The van der Waals surface area contributed by atoms with E-state index in [0.29, 0.717) is 17.0 Å². The fourth-order valence-corrected chi connectivity index (χ4v) is 1.93. The van der Waals surface area contributed by atoms with Crippen molar-refractivity contribution >= 4 is 12.2 Å². The van der Waals surface area contributed by atoms with Crippen LogP contribution in [0, 0.1) is 11.3 Å². The average molecular weight is 272 g/mol. The largest absolute Gasteiger partial charge is 0.455 e. The summed E-state index contributed by atoms with van der Waals surface area (Å²) in [6.07, 6.45) is 5.45. The van der Waals surface area contributed by atoms with Gasteiger partial charge in [0.1, 0.15) is 17.5 Å². The molecule has 0 amide bonds. The smallest absolute Gasteiger partial charge is 0.153 e. The lowest BCUT2D eigenvalue weighted by atomic mass is 10.2. The summed E-state index contributed by atoms with van der Waals surface area (Å²) in [7, 11) is 0. The molecule has 0 radical (unpaired) electrons. The van der Waals surface area contributed by atoms with Gasteiger partial charge in [-0.1, -0.05) is 36.4 Å². The predicted octanol–water partition coefficient (Wildman–Crippen LogP) is 4.38. The number of hydrogen-bond donors (Lipinski definition) is 0. The number of benzene rings is 1. The van der Waals surface area contributed by atoms with Gasteiger partial charge < -0.3 is 4.42 Å². The van der Waals surface area contributed by atoms with Gasteiger partial charge in [-0.15, -0.1) is 0 Å². The van der Waals surface area contributed by atoms with E-state index in [0.717, 1.165) is 11.3 Å². The van der Waals surface area contributed by atoms with Gasteiger partial charge >= 0.3 is 0 Å². The summed E-state index contributed by atoms with van der Waals surface area (Å²) in [6, 6.07) is 19.4. The minimum atomic E-state index is 0.537. The van der Waals surface area contributed by atoms with Crippen molar-refractivity contribution in [2.24, 2.45) is 0 Å². The molecule has 0 atom stereocenters. The van der Waals surface area contributed by atoms with E-state index in [1.165, 1.54) is 6.20 Å². The van der Waals surface area contributed by atoms with Crippen LogP contribution in [0.25, 0.3) is 23.6 Å². The molecule has 0 saturated heterocycles. The minimum absolute atomic E-state index is 0.537. The molecule has 3 aromatic rings. The van der Waals surface area contributed by atoms with Gasteiger partial charge in [0.15, 0.2) is 5.76 Å². The van der Waals surface area contributed by atoms with Gasteiger partial charge in [-0.25, -0.2) is 0 Å². The van der Waals surface area contributed by atoms with Gasteiger partial charge in [0, 0.05) is 6.20 Å². The molecule has 0 bridgehead atoms. The van der Waals surface area contributed by atoms with Crippen LogP contribution in [0.2, 0.25) is 0 Å². The van der Waals surface area contributed by atoms with Gasteiger partial charge in [-0.2, -0.15) is 5.26 Å². The summed E-state index contributed by atoms with van der Waals surface area (Å²) in [5, 5.41) is 8.76. The van der Waals surface area contributed by atoms with Gasteiger partial charge in [0.25, 0.3) is 0 Å². The second kappa shape index (κ2) is 5.89. The number of hydrogen-bond acceptors (Lipinski definition) is 3. The number of nitrogens with zero attached hydrogens (tertiary/aromatic N) is 2. The highest BCUT2D eigenvalue weighted by Gasteiger charge is 2.04. The van der Waals surface area contributed by atoms with Crippen molar-refractivity contribution in [3.63, 3.8) is 0 Å². The third-order valence-electron chi connectivity index (χ3n) is 3.01. The van der Waals surface area contributed by atoms with Crippen molar-refractivity contribution in [2.75, 3.05) is 0 Å². The maximum absolute atomic E-state index is 8.76. The molecular weight excluding hydrogens is 260 g/mol. The molecule has 0 aliphatic heterocycles. The quantitative estimate of drug-likeness (QED) is 0.710. The highest BCUT2D eigenvalue weighted by molar-refractivity contribution is 5.68. The van der Waals surface area contributed by atoms with Crippen molar-refractivity contribution in [2.45, 2.75) is 0 Å². The van der Waals surface area contributed by atoms with E-state index in [4.69, 9.17) is 9.68 Å². The van der Waals surface area contributed by atoms with Gasteiger partial charge in [-0.05, 0) is 35.9 Å². The molecule has 0 aliphatic rings. The first kappa shape index (κ1) is 12.9. The monoisotopic (exact) mass is 272 g/mol. The maximum Gasteiger partial charge on any atom is 0.153 e. The van der Waals surface area contributed by atoms with Crippen LogP contribution >= 0.6 is 0 Å². The number of rotatable bonds is 3. The fourth-order valence-electron chi connectivity index (χ4n) is 1.93. The van der Waals surface area contributed by atoms with E-state index in [9.17, 15) is 0 Å². The second-order valence-electron chi connectivity index (χ2n) is 4.49. The van der Waals surface area contributed by atoms with Crippen LogP contribution in [-0.2, 0) is 0 Å². The van der Waals surface area contributed by atoms with Crippen molar-refractivity contribution < 1.29 is 4.42 Å². The van der Waals surface area contributed by atoms with Crippen molar-refractivity contribution in [3.05, 3.63) is 77.7 Å². The Morgan fingerprint density at radius 3 is 2.52 bits per heavy atom. The first-order valence-electron chi connectivity index (χ1n) is 6.55. The Bertz CT molecular complexity index is 793. The normalized spacial score (nSPS) is 10.6. The summed E-state index contributed by atoms with van der Waals surface area (Å²) in [6.45, 7) is 0. The van der Waals surface area contributed by atoms with E-state index in [1.807, 2.05) is 60.7 Å². The molecular formula is C18H12N2O. The first-order chi connectivity index (χ1) is 10.3. The second-order valence-corrected chi connectivity index (χ2v) is 4.49. The van der Waals surface area contributed by atoms with E-state index in [1.54, 1.807) is 12.1 Å². The number of pyridine rings is 1. The highest BCUT2D eigenvalue weighted by atomic mass is 16.3. The molecule has 3 heteroatoms. The molecule has 0 aliphatic carbocycles. The number of nitriles is 1. The number of furan rings is 1. The Morgan fingerprint density at radius 1 is 0.952 bits per heavy atom. The summed E-state index contributed by atoms with van der Waals surface area (Å²) in [5.41, 5.74) is 2.37. The molecule has 0 saturated carbocycles. The van der Waals surface area contributed by atoms with E-state index in [-0.39, 0.29) is 0 Å². The fraction of sp³-hybridized carbons (Fsp3) is 0. The van der Waals surface area contributed by atoms with Gasteiger partial charge in [0.05, 0.1) is 5.56 Å². The van der Waals surface area contributed by atoms with Crippen molar-refractivity contribution in [1.82, 2.24) is 4.98 Å². The van der Waals surface area contributed by atoms with Crippen LogP contribution < -0.4 is 0 Å². The summed E-state index contributed by atoms with van der Waals surface area (Å²) in [5.74, 6) is 1.45. The standard InChI is InChI=1S/C18H12N2O/c19-12-15-7-10-17(20-13-15)18-11-9-16(21-18)8-6-14-4-2-1-3-5-14/h1-11,13H/b8-6+. The number of aromatic nitrogens is 1. The topological polar surface area (TPSA) is 49.8 Å². The third kappa shape index (κ3) is 3.07. The van der Waals surface area contributed by atoms with Crippen LogP contribution in [-0.4, -0.2) is 4.98 Å². The zero-order valence-electron chi connectivity index (χ0n) is 11.2. The Labute approximate surface area is 122 Å². The molecule has 0 spiro atoms. The zero-order valence-corrected chi connectivity index (χ0v) is 11.2. The molecule has 0 unspecified atom stereocenters. The lowest BCUT2D eigenvalue weighted by molar-refractivity contribution is 0.570. The first-order valence-corrected chi connectivity index (χ1v) is 6.55. The zero-order chi connectivity index (χ0) is 14.5. The summed E-state index contributed by atoms with van der Waals surface area (Å²) < 4.78 is 5.73. The van der Waals surface area contributed by atoms with Crippen LogP contribution in [0.3, 0.4) is 0 Å². The maximum atomic E-state index is 8.76. The van der Waals surface area contributed by atoms with E-state index < -0.39 is 0 Å². The molecule has 1 aromatic carbocycles. The summed E-state index contributed by atoms with van der Waals surface area (Å²) in [4.78, 5) is 4.21. The van der Waals surface area contributed by atoms with Crippen LogP contribution in [0.1, 0.15) is 16.9 Å². The SMILES string of the molecule is N#Cc1ccc(-c2ccc(/C=C/c3ccccc3)o2)nc1. The Kier molecular flexibility index (Phi) is 3.62.